The summed E-state index contributed by atoms with van der Waals surface area (Å²) in [7, 11) is 1.72. The molecule has 4 heteroatoms. The number of benzene rings is 1. The van der Waals surface area contributed by atoms with Gasteiger partial charge >= 0.3 is 0 Å². The normalized spacial score (nSPS) is 10.9. The molecule has 0 aliphatic heterocycles. The van der Waals surface area contributed by atoms with Crippen molar-refractivity contribution < 1.29 is 4.74 Å². The first-order valence-electron chi connectivity index (χ1n) is 6.89. The molecule has 0 radical (unpaired) electrons. The van der Waals surface area contributed by atoms with Crippen molar-refractivity contribution >= 4 is 23.4 Å². The maximum atomic E-state index is 6.31. The second-order valence-corrected chi connectivity index (χ2v) is 5.97. The van der Waals surface area contributed by atoms with Crippen molar-refractivity contribution in [2.75, 3.05) is 26.0 Å². The number of nitrogens with one attached hydrogen (secondary N) is 1. The third-order valence-corrected chi connectivity index (χ3v) is 4.53. The molecule has 0 amide bonds. The van der Waals surface area contributed by atoms with Gasteiger partial charge in [-0.25, -0.2) is 0 Å². The standard InChI is InChI=1S/C15H24ClNOS/c1-3-4-5-11-19-15-13(7-6-8-14(15)16)12-17-9-10-18-2/h6-8,17H,3-5,9-12H2,1-2H3. The van der Waals surface area contributed by atoms with Gasteiger partial charge in [0.25, 0.3) is 0 Å². The zero-order valence-electron chi connectivity index (χ0n) is 11.9. The maximum absolute atomic E-state index is 6.31. The van der Waals surface area contributed by atoms with E-state index in [4.69, 9.17) is 16.3 Å². The minimum atomic E-state index is 0.736. The number of hydrogen-bond donors (Lipinski definition) is 1. The van der Waals surface area contributed by atoms with Crippen LogP contribution in [-0.2, 0) is 11.3 Å². The van der Waals surface area contributed by atoms with Crippen molar-refractivity contribution in [1.82, 2.24) is 5.32 Å². The van der Waals surface area contributed by atoms with Gasteiger partial charge in [0.05, 0.1) is 11.6 Å². The molecule has 19 heavy (non-hydrogen) atoms. The first-order valence-corrected chi connectivity index (χ1v) is 8.25. The summed E-state index contributed by atoms with van der Waals surface area (Å²) in [5.74, 6) is 1.14. The molecule has 1 aromatic rings. The topological polar surface area (TPSA) is 21.3 Å². The van der Waals surface area contributed by atoms with E-state index in [1.165, 1.54) is 29.7 Å². The molecule has 0 heterocycles. The second kappa shape index (κ2) is 10.6. The highest BCUT2D eigenvalue weighted by Gasteiger charge is 2.07. The molecule has 0 fully saturated rings. The summed E-state index contributed by atoms with van der Waals surface area (Å²) in [4.78, 5) is 1.23. The van der Waals surface area contributed by atoms with Crippen LogP contribution in [0.5, 0.6) is 0 Å². The van der Waals surface area contributed by atoms with Crippen LogP contribution in [0.2, 0.25) is 5.02 Å². The van der Waals surface area contributed by atoms with Crippen LogP contribution < -0.4 is 5.32 Å². The summed E-state index contributed by atoms with van der Waals surface area (Å²) < 4.78 is 5.03. The van der Waals surface area contributed by atoms with E-state index in [0.29, 0.717) is 0 Å². The number of unbranched alkanes of at least 4 members (excludes halogenated alkanes) is 2. The zero-order chi connectivity index (χ0) is 13.9. The Labute approximate surface area is 126 Å². The van der Waals surface area contributed by atoms with Crippen molar-refractivity contribution in [2.45, 2.75) is 37.6 Å². The van der Waals surface area contributed by atoms with Crippen LogP contribution in [0.3, 0.4) is 0 Å². The lowest BCUT2D eigenvalue weighted by molar-refractivity contribution is 0.199. The SMILES string of the molecule is CCCCCSc1c(Cl)cccc1CNCCOC. The number of ether oxygens (including phenoxy) is 1. The van der Waals surface area contributed by atoms with E-state index < -0.39 is 0 Å². The van der Waals surface area contributed by atoms with Gasteiger partial charge in [-0.3, -0.25) is 0 Å². The molecule has 0 aromatic heterocycles. The number of thioether (sulfide) groups is 1. The Morgan fingerprint density at radius 1 is 1.32 bits per heavy atom. The number of methoxy groups -OCH3 is 1. The highest BCUT2D eigenvalue weighted by atomic mass is 35.5. The van der Waals surface area contributed by atoms with Crippen molar-refractivity contribution in [3.05, 3.63) is 28.8 Å². The van der Waals surface area contributed by atoms with Gasteiger partial charge in [-0.1, -0.05) is 43.5 Å². The Bertz CT molecular complexity index is 360. The molecule has 0 aliphatic rings. The van der Waals surface area contributed by atoms with Crippen LogP contribution in [0.1, 0.15) is 31.7 Å². The molecular weight excluding hydrogens is 278 g/mol. The third-order valence-electron chi connectivity index (χ3n) is 2.84. The predicted molar refractivity (Wildman–Crippen MR) is 85.3 cm³/mol. The van der Waals surface area contributed by atoms with Gasteiger partial charge in [-0.2, -0.15) is 0 Å². The molecule has 0 bridgehead atoms. The van der Waals surface area contributed by atoms with E-state index in [1.54, 1.807) is 7.11 Å². The van der Waals surface area contributed by atoms with Gasteiger partial charge in [0.1, 0.15) is 0 Å². The molecule has 1 rings (SSSR count). The first kappa shape index (κ1) is 16.8. The van der Waals surface area contributed by atoms with Gasteiger partial charge < -0.3 is 10.1 Å². The van der Waals surface area contributed by atoms with Crippen LogP contribution in [0.4, 0.5) is 0 Å². The average molecular weight is 302 g/mol. The molecular formula is C15H24ClNOS. The summed E-state index contributed by atoms with van der Waals surface area (Å²) in [5.41, 5.74) is 1.28. The molecule has 1 N–H and O–H groups in total. The summed E-state index contributed by atoms with van der Waals surface area (Å²) >= 11 is 8.18. The highest BCUT2D eigenvalue weighted by molar-refractivity contribution is 7.99. The summed E-state index contributed by atoms with van der Waals surface area (Å²) in [6.07, 6.45) is 3.80. The fraction of sp³-hybridized carbons (Fsp3) is 0.600. The van der Waals surface area contributed by atoms with Crippen LogP contribution >= 0.6 is 23.4 Å². The fourth-order valence-corrected chi connectivity index (χ4v) is 3.22. The minimum absolute atomic E-state index is 0.736. The van der Waals surface area contributed by atoms with Gasteiger partial charge in [0, 0.05) is 25.1 Å². The van der Waals surface area contributed by atoms with Gasteiger partial charge in [-0.05, 0) is 23.8 Å². The molecule has 1 aromatic carbocycles. The van der Waals surface area contributed by atoms with E-state index in [0.717, 1.165) is 30.5 Å². The Morgan fingerprint density at radius 3 is 2.89 bits per heavy atom. The summed E-state index contributed by atoms with van der Waals surface area (Å²) in [5, 5.41) is 4.24. The van der Waals surface area contributed by atoms with E-state index in [2.05, 4.69) is 18.3 Å². The number of rotatable bonds is 10. The third kappa shape index (κ3) is 6.66. The van der Waals surface area contributed by atoms with Crippen molar-refractivity contribution in [3.63, 3.8) is 0 Å². The lowest BCUT2D eigenvalue weighted by Gasteiger charge is -2.12. The largest absolute Gasteiger partial charge is 0.383 e. The molecule has 0 saturated carbocycles. The van der Waals surface area contributed by atoms with E-state index in [1.807, 2.05) is 23.9 Å². The summed E-state index contributed by atoms with van der Waals surface area (Å²) in [6, 6.07) is 6.14. The Balaban J connectivity index is 2.51. The predicted octanol–water partition coefficient (Wildman–Crippen LogP) is 4.36. The average Bonchev–Trinajstić information content (AvgIpc) is 2.42. The first-order chi connectivity index (χ1) is 9.29. The van der Waals surface area contributed by atoms with Crippen molar-refractivity contribution in [1.29, 1.82) is 0 Å². The summed E-state index contributed by atoms with van der Waals surface area (Å²) in [6.45, 7) is 4.67. The fourth-order valence-electron chi connectivity index (χ4n) is 1.78. The molecule has 0 spiro atoms. The van der Waals surface area contributed by atoms with Crippen LogP contribution in [0, 0.1) is 0 Å². The molecule has 2 nitrogen and oxygen atoms in total. The van der Waals surface area contributed by atoms with Crippen LogP contribution in [0.15, 0.2) is 23.1 Å². The monoisotopic (exact) mass is 301 g/mol. The number of halogens is 1. The lowest BCUT2D eigenvalue weighted by Crippen LogP contribution is -2.18. The van der Waals surface area contributed by atoms with Crippen molar-refractivity contribution in [3.8, 4) is 0 Å². The quantitative estimate of drug-likeness (QED) is 0.512. The molecule has 0 aliphatic carbocycles. The Kier molecular flexibility index (Phi) is 9.35. The van der Waals surface area contributed by atoms with E-state index in [-0.39, 0.29) is 0 Å². The van der Waals surface area contributed by atoms with Crippen molar-refractivity contribution in [2.24, 2.45) is 0 Å². The second-order valence-electron chi connectivity index (χ2n) is 4.45. The Hall–Kier alpha value is -0.220. The van der Waals surface area contributed by atoms with Crippen LogP contribution in [-0.4, -0.2) is 26.0 Å². The molecule has 108 valence electrons. The van der Waals surface area contributed by atoms with Gasteiger partial charge in [-0.15, -0.1) is 11.8 Å². The molecule has 0 unspecified atom stereocenters. The molecule has 0 atom stereocenters. The Morgan fingerprint density at radius 2 is 2.16 bits per heavy atom. The maximum Gasteiger partial charge on any atom is 0.0587 e. The number of hydrogen-bond acceptors (Lipinski definition) is 3. The lowest BCUT2D eigenvalue weighted by atomic mass is 10.2. The van der Waals surface area contributed by atoms with Gasteiger partial charge in [0.15, 0.2) is 0 Å². The minimum Gasteiger partial charge on any atom is -0.383 e. The zero-order valence-corrected chi connectivity index (χ0v) is 13.4. The van der Waals surface area contributed by atoms with Crippen LogP contribution in [0.25, 0.3) is 0 Å². The highest BCUT2D eigenvalue weighted by Crippen LogP contribution is 2.31. The smallest absolute Gasteiger partial charge is 0.0587 e. The van der Waals surface area contributed by atoms with E-state index >= 15 is 0 Å². The van der Waals surface area contributed by atoms with Gasteiger partial charge in [0.2, 0.25) is 0 Å². The van der Waals surface area contributed by atoms with E-state index in [9.17, 15) is 0 Å². The molecule has 0 saturated heterocycles.